The van der Waals surface area contributed by atoms with Crippen molar-refractivity contribution in [1.82, 2.24) is 9.88 Å². The Morgan fingerprint density at radius 3 is 2.85 bits per heavy atom. The third-order valence-corrected chi connectivity index (χ3v) is 6.14. The fraction of sp³-hybridized carbons (Fsp3) is 0.667. The number of carbonyl (C=O) groups is 1. The minimum absolute atomic E-state index is 0.0389. The lowest BCUT2D eigenvalue weighted by Crippen LogP contribution is -2.29. The molecule has 0 N–H and O–H groups in total. The molecule has 1 amide bonds. The molecule has 1 unspecified atom stereocenters. The molecule has 1 atom stereocenters. The van der Waals surface area contributed by atoms with Gasteiger partial charge in [-0.2, -0.15) is 8.42 Å². The Morgan fingerprint density at radius 2 is 2.20 bits per heavy atom. The Morgan fingerprint density at radius 1 is 1.40 bits per heavy atom. The second kappa shape index (κ2) is 5.07. The van der Waals surface area contributed by atoms with Crippen molar-refractivity contribution in [2.45, 2.75) is 37.4 Å². The zero-order valence-electron chi connectivity index (χ0n) is 10.8. The summed E-state index contributed by atoms with van der Waals surface area (Å²) in [5, 5.41) is -0.217. The highest BCUT2D eigenvalue weighted by Gasteiger charge is 2.38. The molecule has 110 valence electrons. The zero-order chi connectivity index (χ0) is 14.3. The molecular formula is C12H15FN2O3S2. The molecule has 1 aromatic heterocycles. The topological polar surface area (TPSA) is 67.3 Å². The van der Waals surface area contributed by atoms with E-state index in [0.717, 1.165) is 24.3 Å². The number of amides is 1. The highest BCUT2D eigenvalue weighted by molar-refractivity contribution is 7.87. The van der Waals surface area contributed by atoms with Crippen molar-refractivity contribution < 1.29 is 17.1 Å². The number of hydrogen-bond acceptors (Lipinski definition) is 5. The molecule has 1 aromatic rings. The van der Waals surface area contributed by atoms with E-state index in [2.05, 4.69) is 4.98 Å². The summed E-state index contributed by atoms with van der Waals surface area (Å²) in [4.78, 5) is 19.0. The summed E-state index contributed by atoms with van der Waals surface area (Å²) in [5.74, 6) is -0.291. The minimum atomic E-state index is -4.62. The van der Waals surface area contributed by atoms with Gasteiger partial charge in [0.1, 0.15) is 5.25 Å². The Labute approximate surface area is 121 Å². The van der Waals surface area contributed by atoms with Crippen LogP contribution in [0.4, 0.5) is 3.89 Å². The number of nitrogens with zero attached hydrogens (tertiary/aromatic N) is 2. The smallest absolute Gasteiger partial charge is 0.307 e. The van der Waals surface area contributed by atoms with Gasteiger partial charge >= 0.3 is 10.2 Å². The molecule has 0 spiro atoms. The summed E-state index contributed by atoms with van der Waals surface area (Å²) in [6.07, 6.45) is 3.64. The van der Waals surface area contributed by atoms with Crippen molar-refractivity contribution >= 4 is 27.5 Å². The summed E-state index contributed by atoms with van der Waals surface area (Å²) >= 11 is 1.67. The van der Waals surface area contributed by atoms with E-state index in [4.69, 9.17) is 0 Å². The van der Waals surface area contributed by atoms with E-state index >= 15 is 0 Å². The van der Waals surface area contributed by atoms with E-state index in [1.807, 2.05) is 0 Å². The maximum Gasteiger partial charge on any atom is 0.307 e. The van der Waals surface area contributed by atoms with E-state index in [-0.39, 0.29) is 18.9 Å². The first-order chi connectivity index (χ1) is 9.43. The lowest BCUT2D eigenvalue weighted by molar-refractivity contribution is -0.127. The van der Waals surface area contributed by atoms with Gasteiger partial charge in [0, 0.05) is 30.8 Å². The van der Waals surface area contributed by atoms with Gasteiger partial charge in [-0.05, 0) is 19.3 Å². The highest BCUT2D eigenvalue weighted by Crippen LogP contribution is 2.28. The fourth-order valence-corrected chi connectivity index (χ4v) is 4.57. The van der Waals surface area contributed by atoms with Crippen molar-refractivity contribution in [2.24, 2.45) is 0 Å². The largest absolute Gasteiger partial charge is 0.341 e. The number of carbonyl (C=O) groups excluding carboxylic acids is 1. The number of thiazole rings is 1. The fourth-order valence-electron chi connectivity index (χ4n) is 2.72. The van der Waals surface area contributed by atoms with Crippen LogP contribution >= 0.6 is 11.3 Å². The quantitative estimate of drug-likeness (QED) is 0.779. The summed E-state index contributed by atoms with van der Waals surface area (Å²) in [5.41, 5.74) is 1.17. The minimum Gasteiger partial charge on any atom is -0.341 e. The molecule has 0 radical (unpaired) electrons. The molecule has 0 saturated carbocycles. The average Bonchev–Trinajstić information content (AvgIpc) is 2.98. The molecule has 1 fully saturated rings. The monoisotopic (exact) mass is 318 g/mol. The average molecular weight is 318 g/mol. The van der Waals surface area contributed by atoms with Gasteiger partial charge in [-0.15, -0.1) is 15.2 Å². The summed E-state index contributed by atoms with van der Waals surface area (Å²) in [6.45, 7) is 0.375. The predicted octanol–water partition coefficient (Wildman–Crippen LogP) is 1.07. The van der Waals surface area contributed by atoms with Gasteiger partial charge in [0.15, 0.2) is 0 Å². The predicted molar refractivity (Wildman–Crippen MR) is 72.9 cm³/mol. The molecule has 1 saturated heterocycles. The maximum absolute atomic E-state index is 12.9. The van der Waals surface area contributed by atoms with Gasteiger partial charge in [0.05, 0.1) is 10.7 Å². The number of aromatic nitrogens is 1. The van der Waals surface area contributed by atoms with E-state index in [9.17, 15) is 17.1 Å². The highest BCUT2D eigenvalue weighted by atomic mass is 32.3. The van der Waals surface area contributed by atoms with Gasteiger partial charge in [-0.3, -0.25) is 4.79 Å². The first-order valence-electron chi connectivity index (χ1n) is 6.62. The lowest BCUT2D eigenvalue weighted by atomic mass is 10.3. The number of aryl methyl sites for hydroxylation is 2. The van der Waals surface area contributed by atoms with Gasteiger partial charge < -0.3 is 4.90 Å². The normalized spacial score (nSPS) is 22.6. The lowest BCUT2D eigenvalue weighted by Gasteiger charge is -2.14. The second-order valence-corrected chi connectivity index (χ2v) is 8.01. The zero-order valence-corrected chi connectivity index (χ0v) is 12.5. The van der Waals surface area contributed by atoms with Crippen LogP contribution in [0, 0.1) is 0 Å². The Hall–Kier alpha value is -1.02. The molecule has 2 aliphatic rings. The first kappa shape index (κ1) is 13.9. The molecule has 0 bridgehead atoms. The summed E-state index contributed by atoms with van der Waals surface area (Å²) < 4.78 is 34.6. The van der Waals surface area contributed by atoms with E-state index < -0.39 is 15.5 Å². The van der Waals surface area contributed by atoms with Crippen LogP contribution in [0.1, 0.15) is 28.4 Å². The third-order valence-electron chi connectivity index (χ3n) is 3.81. The molecule has 20 heavy (non-hydrogen) atoms. The molecule has 8 heteroatoms. The van der Waals surface area contributed by atoms with Crippen LogP contribution in [0.15, 0.2) is 0 Å². The van der Waals surface area contributed by atoms with Crippen LogP contribution in [0.25, 0.3) is 0 Å². The van der Waals surface area contributed by atoms with Crippen LogP contribution in [0.3, 0.4) is 0 Å². The first-order valence-corrected chi connectivity index (χ1v) is 8.88. The molecule has 5 nitrogen and oxygen atoms in total. The van der Waals surface area contributed by atoms with E-state index in [0.29, 0.717) is 13.0 Å². The van der Waals surface area contributed by atoms with Crippen LogP contribution in [-0.2, 0) is 34.3 Å². The van der Waals surface area contributed by atoms with Crippen molar-refractivity contribution in [1.29, 1.82) is 0 Å². The third kappa shape index (κ3) is 2.71. The molecule has 3 rings (SSSR count). The number of likely N-dealkylation sites (tertiary alicyclic amines) is 1. The summed E-state index contributed by atoms with van der Waals surface area (Å²) in [7, 11) is -4.62. The van der Waals surface area contributed by atoms with E-state index in [1.165, 1.54) is 15.5 Å². The van der Waals surface area contributed by atoms with Crippen molar-refractivity contribution in [3.8, 4) is 0 Å². The Balaban J connectivity index is 1.60. The van der Waals surface area contributed by atoms with Gasteiger partial charge in [-0.1, -0.05) is 0 Å². The van der Waals surface area contributed by atoms with Crippen molar-refractivity contribution in [3.05, 3.63) is 15.6 Å². The van der Waals surface area contributed by atoms with Gasteiger partial charge in [-0.25, -0.2) is 4.98 Å². The van der Waals surface area contributed by atoms with Crippen LogP contribution in [0.2, 0.25) is 0 Å². The SMILES string of the molecule is O=C1CC(S(=O)(=O)F)CN1CCc1nc2c(s1)CCC2. The van der Waals surface area contributed by atoms with Gasteiger partial charge in [0.25, 0.3) is 0 Å². The number of halogens is 1. The molecule has 1 aliphatic carbocycles. The number of fused-ring (bicyclic) bond motifs is 1. The standard InChI is InChI=1S/C12H15FN2O3S2/c13-20(17,18)8-6-12(16)15(7-8)5-4-11-14-9-2-1-3-10(9)19-11/h8H,1-7H2. The second-order valence-electron chi connectivity index (χ2n) is 5.22. The molecule has 1 aliphatic heterocycles. The molecule has 2 heterocycles. The number of rotatable bonds is 4. The van der Waals surface area contributed by atoms with Crippen molar-refractivity contribution in [2.75, 3.05) is 13.1 Å². The Bertz CT molecular complexity index is 620. The van der Waals surface area contributed by atoms with Crippen LogP contribution in [-0.4, -0.2) is 42.5 Å². The van der Waals surface area contributed by atoms with Crippen LogP contribution in [0.5, 0.6) is 0 Å². The van der Waals surface area contributed by atoms with Gasteiger partial charge in [0.2, 0.25) is 5.91 Å². The maximum atomic E-state index is 12.9. The van der Waals surface area contributed by atoms with Crippen LogP contribution < -0.4 is 0 Å². The Kier molecular flexibility index (Phi) is 3.53. The van der Waals surface area contributed by atoms with E-state index in [1.54, 1.807) is 11.3 Å². The van der Waals surface area contributed by atoms with Crippen molar-refractivity contribution in [3.63, 3.8) is 0 Å². The number of hydrogen-bond donors (Lipinski definition) is 0. The molecule has 0 aromatic carbocycles. The summed E-state index contributed by atoms with van der Waals surface area (Å²) in [6, 6.07) is 0. The molecular weight excluding hydrogens is 303 g/mol.